The van der Waals surface area contributed by atoms with Crippen molar-refractivity contribution in [3.8, 4) is 0 Å². The predicted molar refractivity (Wildman–Crippen MR) is 93.0 cm³/mol. The first-order valence-corrected chi connectivity index (χ1v) is 9.52. The third-order valence-corrected chi connectivity index (χ3v) is 6.30. The van der Waals surface area contributed by atoms with Crippen LogP contribution in [-0.4, -0.2) is 49.6 Å². The maximum absolute atomic E-state index is 13.0. The first-order chi connectivity index (χ1) is 12.0. The van der Waals surface area contributed by atoms with Crippen LogP contribution in [0.4, 0.5) is 0 Å². The fourth-order valence-electron chi connectivity index (χ4n) is 3.96. The zero-order valence-corrected chi connectivity index (χ0v) is 15.7. The lowest BCUT2D eigenvalue weighted by Crippen LogP contribution is -2.47. The van der Waals surface area contributed by atoms with Crippen LogP contribution in [0.3, 0.4) is 0 Å². The van der Waals surface area contributed by atoms with E-state index in [1.165, 1.54) is 16.4 Å². The number of amides is 1. The fraction of sp³-hybridized carbons (Fsp3) is 0.647. The first-order valence-electron chi connectivity index (χ1n) is 8.75. The largest absolute Gasteiger partial charge is 0.361 e. The first kappa shape index (κ1) is 16.7. The summed E-state index contributed by atoms with van der Waals surface area (Å²) in [5, 5.41) is 8.14. The van der Waals surface area contributed by atoms with E-state index in [4.69, 9.17) is 4.52 Å². The van der Waals surface area contributed by atoms with Gasteiger partial charge in [0.1, 0.15) is 5.76 Å². The maximum atomic E-state index is 13.0. The topological polar surface area (TPSA) is 75.4 Å². The lowest BCUT2D eigenvalue weighted by Gasteiger charge is -2.36. The SMILES string of the molecule is Cc1nnsc1CN1C[C@H]2CC[C@@H](C1)N(Cc1c(C)noc1C)C2=O. The number of rotatable bonds is 4. The Morgan fingerprint density at radius 3 is 2.68 bits per heavy atom. The number of aromatic nitrogens is 3. The Hall–Kier alpha value is -1.80. The molecule has 0 aromatic carbocycles. The number of carbonyl (C=O) groups is 1. The fourth-order valence-corrected chi connectivity index (χ4v) is 4.64. The molecule has 2 atom stereocenters. The van der Waals surface area contributed by atoms with Gasteiger partial charge < -0.3 is 9.42 Å². The minimum atomic E-state index is 0.0837. The minimum absolute atomic E-state index is 0.0837. The van der Waals surface area contributed by atoms with Crippen LogP contribution in [-0.2, 0) is 17.9 Å². The van der Waals surface area contributed by atoms with Crippen LogP contribution in [0.25, 0.3) is 0 Å². The summed E-state index contributed by atoms with van der Waals surface area (Å²) in [6.45, 7) is 9.03. The van der Waals surface area contributed by atoms with Crippen molar-refractivity contribution >= 4 is 17.4 Å². The van der Waals surface area contributed by atoms with Crippen molar-refractivity contribution in [2.45, 2.75) is 52.7 Å². The lowest BCUT2D eigenvalue weighted by atomic mass is 9.93. The molecule has 3 saturated heterocycles. The number of carbonyl (C=O) groups excluding carboxylic acids is 1. The molecule has 0 radical (unpaired) electrons. The molecule has 0 N–H and O–H groups in total. The molecule has 5 heterocycles. The van der Waals surface area contributed by atoms with E-state index in [9.17, 15) is 4.79 Å². The number of hydrogen-bond donors (Lipinski definition) is 0. The van der Waals surface area contributed by atoms with Crippen LogP contribution in [0.2, 0.25) is 0 Å². The highest BCUT2D eigenvalue weighted by molar-refractivity contribution is 7.05. The average Bonchev–Trinajstić information content (AvgIpc) is 3.00. The lowest BCUT2D eigenvalue weighted by molar-refractivity contribution is -0.140. The van der Waals surface area contributed by atoms with Gasteiger partial charge in [-0.15, -0.1) is 5.10 Å². The van der Waals surface area contributed by atoms with E-state index in [-0.39, 0.29) is 17.9 Å². The molecule has 134 valence electrons. The molecule has 2 aromatic rings. The van der Waals surface area contributed by atoms with E-state index in [2.05, 4.69) is 24.5 Å². The quantitative estimate of drug-likeness (QED) is 0.830. The van der Waals surface area contributed by atoms with Gasteiger partial charge in [-0.05, 0) is 45.1 Å². The molecular weight excluding hydrogens is 338 g/mol. The van der Waals surface area contributed by atoms with E-state index in [0.29, 0.717) is 6.54 Å². The predicted octanol–water partition coefficient (Wildman–Crippen LogP) is 2.07. The van der Waals surface area contributed by atoms with Gasteiger partial charge in [-0.1, -0.05) is 9.64 Å². The monoisotopic (exact) mass is 361 g/mol. The Balaban J connectivity index is 1.54. The summed E-state index contributed by atoms with van der Waals surface area (Å²) in [5.74, 6) is 1.17. The Labute approximate surface area is 151 Å². The zero-order valence-electron chi connectivity index (χ0n) is 14.9. The summed E-state index contributed by atoms with van der Waals surface area (Å²) in [5.41, 5.74) is 2.93. The van der Waals surface area contributed by atoms with Gasteiger partial charge in [0.25, 0.3) is 0 Å². The standard InChI is InChI=1S/C17H23N5O2S/c1-10-15(12(3)24-19-10)8-22-14-5-4-13(17(22)23)6-21(7-14)9-16-11(2)18-20-25-16/h13-14H,4-9H2,1-3H3/t13-,14+/m1/s1. The Morgan fingerprint density at radius 2 is 2.00 bits per heavy atom. The summed E-state index contributed by atoms with van der Waals surface area (Å²) < 4.78 is 9.31. The molecule has 1 amide bonds. The van der Waals surface area contributed by atoms with Crippen molar-refractivity contribution in [2.24, 2.45) is 5.92 Å². The summed E-state index contributed by atoms with van der Waals surface area (Å²) in [7, 11) is 0. The third kappa shape index (κ3) is 3.08. The van der Waals surface area contributed by atoms with Crippen molar-refractivity contribution in [1.82, 2.24) is 24.5 Å². The summed E-state index contributed by atoms with van der Waals surface area (Å²) >= 11 is 1.46. The van der Waals surface area contributed by atoms with Gasteiger partial charge in [0, 0.05) is 31.2 Å². The molecule has 0 spiro atoms. The van der Waals surface area contributed by atoms with Gasteiger partial charge in [-0.25, -0.2) is 0 Å². The average molecular weight is 361 g/mol. The molecule has 0 aliphatic carbocycles. The zero-order chi connectivity index (χ0) is 17.6. The second-order valence-electron chi connectivity index (χ2n) is 7.17. The number of nitrogens with zero attached hydrogens (tertiary/aromatic N) is 5. The van der Waals surface area contributed by atoms with E-state index in [0.717, 1.165) is 55.2 Å². The highest BCUT2D eigenvalue weighted by atomic mass is 32.1. The molecule has 5 rings (SSSR count). The van der Waals surface area contributed by atoms with Crippen LogP contribution >= 0.6 is 11.5 Å². The van der Waals surface area contributed by atoms with Gasteiger partial charge in [0.15, 0.2) is 0 Å². The molecule has 0 unspecified atom stereocenters. The Bertz CT molecular complexity index is 766. The normalized spacial score (nSPS) is 24.1. The van der Waals surface area contributed by atoms with Crippen molar-refractivity contribution in [3.05, 3.63) is 27.6 Å². The summed E-state index contributed by atoms with van der Waals surface area (Å²) in [4.78, 5) is 18.6. The van der Waals surface area contributed by atoms with Crippen molar-refractivity contribution in [2.75, 3.05) is 13.1 Å². The third-order valence-electron chi connectivity index (χ3n) is 5.49. The van der Waals surface area contributed by atoms with Crippen molar-refractivity contribution in [1.29, 1.82) is 0 Å². The molecule has 2 bridgehead atoms. The van der Waals surface area contributed by atoms with Crippen molar-refractivity contribution < 1.29 is 9.32 Å². The second kappa shape index (κ2) is 6.49. The van der Waals surface area contributed by atoms with Gasteiger partial charge in [-0.2, -0.15) is 0 Å². The summed E-state index contributed by atoms with van der Waals surface area (Å²) in [6, 6.07) is 0.251. The van der Waals surface area contributed by atoms with E-state index >= 15 is 0 Å². The van der Waals surface area contributed by atoms with Crippen molar-refractivity contribution in [3.63, 3.8) is 0 Å². The van der Waals surface area contributed by atoms with Gasteiger partial charge in [0.05, 0.1) is 28.7 Å². The number of piperidine rings is 1. The molecule has 25 heavy (non-hydrogen) atoms. The molecule has 8 heteroatoms. The van der Waals surface area contributed by atoms with Crippen LogP contribution in [0.5, 0.6) is 0 Å². The molecule has 3 fully saturated rings. The van der Waals surface area contributed by atoms with E-state index < -0.39 is 0 Å². The van der Waals surface area contributed by atoms with E-state index in [1.807, 2.05) is 20.8 Å². The number of fused-ring (bicyclic) bond motifs is 4. The van der Waals surface area contributed by atoms with E-state index in [1.54, 1.807) is 0 Å². The molecular formula is C17H23N5O2S. The van der Waals surface area contributed by atoms with Crippen LogP contribution in [0.15, 0.2) is 4.52 Å². The number of hydrogen-bond acceptors (Lipinski definition) is 7. The minimum Gasteiger partial charge on any atom is -0.361 e. The summed E-state index contributed by atoms with van der Waals surface area (Å²) in [6.07, 6.45) is 2.05. The Kier molecular flexibility index (Phi) is 4.33. The van der Waals surface area contributed by atoms with Gasteiger partial charge >= 0.3 is 0 Å². The molecule has 3 aliphatic rings. The van der Waals surface area contributed by atoms with Crippen LogP contribution in [0, 0.1) is 26.7 Å². The molecule has 7 nitrogen and oxygen atoms in total. The van der Waals surface area contributed by atoms with Gasteiger partial charge in [-0.3, -0.25) is 9.69 Å². The maximum Gasteiger partial charge on any atom is 0.227 e. The molecule has 3 aliphatic heterocycles. The van der Waals surface area contributed by atoms with Gasteiger partial charge in [0.2, 0.25) is 5.91 Å². The highest BCUT2D eigenvalue weighted by Crippen LogP contribution is 2.32. The smallest absolute Gasteiger partial charge is 0.227 e. The Morgan fingerprint density at radius 1 is 1.16 bits per heavy atom. The second-order valence-corrected chi connectivity index (χ2v) is 8.01. The van der Waals surface area contributed by atoms with Crippen LogP contribution in [0.1, 0.15) is 40.4 Å². The molecule has 2 aromatic heterocycles. The van der Waals surface area contributed by atoms with Crippen LogP contribution < -0.4 is 0 Å². The molecule has 0 saturated carbocycles. The highest BCUT2D eigenvalue weighted by Gasteiger charge is 2.41. The number of aryl methyl sites for hydroxylation is 3.